The second-order valence-electron chi connectivity index (χ2n) is 2.63. The average molecular weight is 152 g/mol. The van der Waals surface area contributed by atoms with Crippen LogP contribution < -0.4 is 0 Å². The molecule has 1 aliphatic rings. The van der Waals surface area contributed by atoms with Gasteiger partial charge in [0.2, 0.25) is 0 Å². The Morgan fingerprint density at radius 2 is 2.55 bits per heavy atom. The van der Waals surface area contributed by atoms with Crippen molar-refractivity contribution in [2.45, 2.75) is 19.8 Å². The smallest absolute Gasteiger partial charge is 0.150 e. The van der Waals surface area contributed by atoms with Crippen LogP contribution >= 0.6 is 0 Å². The fourth-order valence-electron chi connectivity index (χ4n) is 1.11. The van der Waals surface area contributed by atoms with E-state index in [0.29, 0.717) is 13.0 Å². The van der Waals surface area contributed by atoms with E-state index in [0.717, 1.165) is 13.0 Å². The summed E-state index contributed by atoms with van der Waals surface area (Å²) in [4.78, 5) is 11.2. The van der Waals surface area contributed by atoms with Crippen molar-refractivity contribution in [2.75, 3.05) is 13.2 Å². The highest BCUT2D eigenvalue weighted by Crippen LogP contribution is 2.14. The largest absolute Gasteiger partial charge is 0.381 e. The van der Waals surface area contributed by atoms with Gasteiger partial charge in [-0.25, -0.2) is 0 Å². The summed E-state index contributed by atoms with van der Waals surface area (Å²) in [6, 6.07) is 0. The summed E-state index contributed by atoms with van der Waals surface area (Å²) in [6.07, 6.45) is 1.27. The van der Waals surface area contributed by atoms with Crippen LogP contribution in [-0.2, 0) is 9.53 Å². The molecule has 0 aliphatic carbocycles. The first-order valence-corrected chi connectivity index (χ1v) is 3.84. The predicted octanol–water partition coefficient (Wildman–Crippen LogP) is 1.01. The Hall–Kier alpha value is -0.810. The van der Waals surface area contributed by atoms with Crippen molar-refractivity contribution in [3.05, 3.63) is 0 Å². The monoisotopic (exact) mass is 152 g/mol. The van der Waals surface area contributed by atoms with Crippen LogP contribution in [0.4, 0.5) is 0 Å². The Labute approximate surface area is 66.9 Å². The molecule has 0 aromatic carbocycles. The van der Waals surface area contributed by atoms with Crippen molar-refractivity contribution >= 4 is 5.78 Å². The van der Waals surface area contributed by atoms with Crippen LogP contribution in [-0.4, -0.2) is 19.0 Å². The first-order chi connectivity index (χ1) is 5.34. The van der Waals surface area contributed by atoms with Gasteiger partial charge in [-0.05, 0) is 13.3 Å². The Bertz CT molecular complexity index is 191. The van der Waals surface area contributed by atoms with Crippen molar-refractivity contribution < 1.29 is 9.53 Å². The van der Waals surface area contributed by atoms with Crippen molar-refractivity contribution in [1.82, 2.24) is 0 Å². The van der Waals surface area contributed by atoms with Gasteiger partial charge in [0, 0.05) is 12.5 Å². The van der Waals surface area contributed by atoms with Gasteiger partial charge in [-0.15, -0.1) is 5.92 Å². The highest BCUT2D eigenvalue weighted by Gasteiger charge is 2.21. The van der Waals surface area contributed by atoms with Crippen molar-refractivity contribution in [1.29, 1.82) is 0 Å². The van der Waals surface area contributed by atoms with E-state index in [4.69, 9.17) is 4.74 Å². The van der Waals surface area contributed by atoms with Crippen LogP contribution in [0.1, 0.15) is 19.8 Å². The van der Waals surface area contributed by atoms with E-state index in [-0.39, 0.29) is 11.7 Å². The van der Waals surface area contributed by atoms with E-state index in [2.05, 4.69) is 11.8 Å². The topological polar surface area (TPSA) is 26.3 Å². The lowest BCUT2D eigenvalue weighted by atomic mass is 10.0. The van der Waals surface area contributed by atoms with Gasteiger partial charge in [-0.3, -0.25) is 4.79 Å². The van der Waals surface area contributed by atoms with E-state index < -0.39 is 0 Å². The quantitative estimate of drug-likeness (QED) is 0.552. The van der Waals surface area contributed by atoms with E-state index in [1.165, 1.54) is 0 Å². The SMILES string of the molecule is CC#CCC(=O)C1CCOC1. The molecule has 0 amide bonds. The van der Waals surface area contributed by atoms with Gasteiger partial charge >= 0.3 is 0 Å². The second-order valence-corrected chi connectivity index (χ2v) is 2.63. The van der Waals surface area contributed by atoms with Gasteiger partial charge in [0.25, 0.3) is 0 Å². The molecule has 11 heavy (non-hydrogen) atoms. The highest BCUT2D eigenvalue weighted by molar-refractivity contribution is 5.83. The summed E-state index contributed by atoms with van der Waals surface area (Å²) in [6.45, 7) is 3.08. The normalized spacial score (nSPS) is 22.5. The minimum absolute atomic E-state index is 0.121. The number of ketones is 1. The zero-order valence-electron chi connectivity index (χ0n) is 6.72. The third-order valence-corrected chi connectivity index (χ3v) is 1.82. The Balaban J connectivity index is 2.32. The molecule has 1 rings (SSSR count). The van der Waals surface area contributed by atoms with E-state index >= 15 is 0 Å². The van der Waals surface area contributed by atoms with Crippen LogP contribution in [0.15, 0.2) is 0 Å². The fraction of sp³-hybridized carbons (Fsp3) is 0.667. The molecule has 2 nitrogen and oxygen atoms in total. The van der Waals surface area contributed by atoms with Crippen LogP contribution in [0.3, 0.4) is 0 Å². The van der Waals surface area contributed by atoms with Gasteiger partial charge in [0.05, 0.1) is 13.0 Å². The van der Waals surface area contributed by atoms with E-state index in [1.807, 2.05) is 0 Å². The molecule has 1 aliphatic heterocycles. The maximum atomic E-state index is 11.2. The molecule has 0 spiro atoms. The molecule has 1 atom stereocenters. The third-order valence-electron chi connectivity index (χ3n) is 1.82. The van der Waals surface area contributed by atoms with Crippen molar-refractivity contribution in [3.8, 4) is 11.8 Å². The lowest BCUT2D eigenvalue weighted by molar-refractivity contribution is -0.121. The average Bonchev–Trinajstić information content (AvgIpc) is 2.52. The molecule has 0 N–H and O–H groups in total. The standard InChI is InChI=1S/C9H12O2/c1-2-3-4-9(10)8-5-6-11-7-8/h8H,4-7H2,1H3. The predicted molar refractivity (Wildman–Crippen MR) is 42.0 cm³/mol. The zero-order chi connectivity index (χ0) is 8.10. The molecule has 2 heteroatoms. The molecule has 0 aromatic rings. The Kier molecular flexibility index (Phi) is 3.13. The first-order valence-electron chi connectivity index (χ1n) is 3.84. The van der Waals surface area contributed by atoms with Crippen LogP contribution in [0.2, 0.25) is 0 Å². The maximum Gasteiger partial charge on any atom is 0.150 e. The number of hydrogen-bond acceptors (Lipinski definition) is 2. The van der Waals surface area contributed by atoms with Gasteiger partial charge in [0.15, 0.2) is 0 Å². The molecule has 0 radical (unpaired) electrons. The molecule has 0 aromatic heterocycles. The molecule has 1 unspecified atom stereocenters. The summed E-state index contributed by atoms with van der Waals surface area (Å²) in [5.41, 5.74) is 0. The summed E-state index contributed by atoms with van der Waals surface area (Å²) in [5.74, 6) is 5.83. The Morgan fingerprint density at radius 3 is 3.09 bits per heavy atom. The zero-order valence-corrected chi connectivity index (χ0v) is 6.72. The number of ether oxygens (including phenoxy) is 1. The molecule has 0 saturated carbocycles. The third kappa shape index (κ3) is 2.36. The van der Waals surface area contributed by atoms with Crippen LogP contribution in [0, 0.1) is 17.8 Å². The summed E-state index contributed by atoms with van der Waals surface area (Å²) < 4.78 is 5.09. The molecule has 60 valence electrons. The number of carbonyl (C=O) groups is 1. The van der Waals surface area contributed by atoms with Gasteiger partial charge < -0.3 is 4.74 Å². The van der Waals surface area contributed by atoms with Gasteiger partial charge in [-0.1, -0.05) is 5.92 Å². The van der Waals surface area contributed by atoms with Crippen molar-refractivity contribution in [2.24, 2.45) is 5.92 Å². The number of hydrogen-bond donors (Lipinski definition) is 0. The van der Waals surface area contributed by atoms with Crippen LogP contribution in [0.5, 0.6) is 0 Å². The molecule has 1 fully saturated rings. The van der Waals surface area contributed by atoms with E-state index in [1.54, 1.807) is 6.92 Å². The number of rotatable bonds is 2. The molecule has 0 bridgehead atoms. The van der Waals surface area contributed by atoms with E-state index in [9.17, 15) is 4.79 Å². The second kappa shape index (κ2) is 4.15. The summed E-state index contributed by atoms with van der Waals surface area (Å²) >= 11 is 0. The molecular formula is C9H12O2. The lowest BCUT2D eigenvalue weighted by Crippen LogP contribution is -2.12. The molecular weight excluding hydrogens is 140 g/mol. The maximum absolute atomic E-state index is 11.2. The fourth-order valence-corrected chi connectivity index (χ4v) is 1.11. The number of carbonyl (C=O) groups excluding carboxylic acids is 1. The Morgan fingerprint density at radius 1 is 1.73 bits per heavy atom. The number of Topliss-reactive ketones (excluding diaryl/α,β-unsaturated/α-hetero) is 1. The summed E-state index contributed by atoms with van der Waals surface area (Å²) in [5, 5.41) is 0. The first kappa shape index (κ1) is 8.29. The lowest BCUT2D eigenvalue weighted by Gasteiger charge is -2.00. The minimum atomic E-state index is 0.121. The highest BCUT2D eigenvalue weighted by atomic mass is 16.5. The molecule has 1 heterocycles. The summed E-state index contributed by atoms with van der Waals surface area (Å²) in [7, 11) is 0. The minimum Gasteiger partial charge on any atom is -0.381 e. The van der Waals surface area contributed by atoms with Crippen molar-refractivity contribution in [3.63, 3.8) is 0 Å². The van der Waals surface area contributed by atoms with Gasteiger partial charge in [-0.2, -0.15) is 0 Å². The van der Waals surface area contributed by atoms with Gasteiger partial charge in [0.1, 0.15) is 5.78 Å². The molecule has 1 saturated heterocycles. The van der Waals surface area contributed by atoms with Crippen LogP contribution in [0.25, 0.3) is 0 Å².